The quantitative estimate of drug-likeness (QED) is 0.201. The van der Waals surface area contributed by atoms with Crippen LogP contribution in [0.4, 0.5) is 0 Å². The Morgan fingerprint density at radius 2 is 1.19 bits per heavy atom. The van der Waals surface area contributed by atoms with E-state index in [4.69, 9.17) is 4.98 Å². The van der Waals surface area contributed by atoms with Gasteiger partial charge in [0.2, 0.25) is 0 Å². The zero-order valence-electron chi connectivity index (χ0n) is 23.7. The third-order valence-electron chi connectivity index (χ3n) is 9.02. The number of aromatic nitrogens is 2. The Hall–Kier alpha value is -5.47. The van der Waals surface area contributed by atoms with E-state index in [1.807, 2.05) is 0 Å². The molecule has 0 atom stereocenters. The summed E-state index contributed by atoms with van der Waals surface area (Å²) in [7, 11) is 0. The molecule has 0 amide bonds. The molecule has 1 aliphatic rings. The predicted octanol–water partition coefficient (Wildman–Crippen LogP) is 10.8. The Balaban J connectivity index is 1.50. The van der Waals surface area contributed by atoms with Crippen molar-refractivity contribution in [3.8, 4) is 28.2 Å². The molecular formula is C41H28N2. The number of hydrogen-bond acceptors (Lipinski definition) is 1. The number of nitrogens with zero attached hydrogens (tertiary/aromatic N) is 2. The number of rotatable bonds is 3. The van der Waals surface area contributed by atoms with Gasteiger partial charge in [-0.15, -0.1) is 0 Å². The number of aryl methyl sites for hydroxylation is 1. The predicted molar refractivity (Wildman–Crippen MR) is 182 cm³/mol. The van der Waals surface area contributed by atoms with Crippen LogP contribution in [0.25, 0.3) is 77.6 Å². The Kier molecular flexibility index (Phi) is 5.36. The van der Waals surface area contributed by atoms with Gasteiger partial charge >= 0.3 is 0 Å². The molecule has 202 valence electrons. The fraction of sp³-hybridized carbons (Fsp3) is 0.0488. The average Bonchev–Trinajstić information content (AvgIpc) is 3.45. The lowest BCUT2D eigenvalue weighted by Crippen LogP contribution is -2.01. The van der Waals surface area contributed by atoms with Crippen molar-refractivity contribution in [3.05, 3.63) is 151 Å². The van der Waals surface area contributed by atoms with Crippen molar-refractivity contribution in [2.24, 2.45) is 0 Å². The van der Waals surface area contributed by atoms with Crippen LogP contribution in [-0.2, 0) is 6.42 Å². The minimum atomic E-state index is 0.931. The molecule has 2 aromatic heterocycles. The maximum atomic E-state index is 5.42. The first-order chi connectivity index (χ1) is 21.3. The van der Waals surface area contributed by atoms with Crippen LogP contribution in [0.5, 0.6) is 0 Å². The number of hydrogen-bond donors (Lipinski definition) is 0. The third-order valence-corrected chi connectivity index (χ3v) is 9.02. The maximum absolute atomic E-state index is 5.42. The van der Waals surface area contributed by atoms with E-state index in [0.29, 0.717) is 0 Å². The van der Waals surface area contributed by atoms with Gasteiger partial charge in [0, 0.05) is 21.7 Å². The first-order valence-corrected chi connectivity index (χ1v) is 15.0. The van der Waals surface area contributed by atoms with Gasteiger partial charge < -0.3 is 0 Å². The SMILES string of the molecule is C1=Cc2c(ccc3c2c2c4ccccc4c4ccccc4c2n3-c2cc(-c3ccccc3)cc(-c3ccccc3)n2)CC1. The number of benzene rings is 6. The second-order valence-electron chi connectivity index (χ2n) is 11.5. The molecule has 2 heterocycles. The highest BCUT2D eigenvalue weighted by Crippen LogP contribution is 2.45. The van der Waals surface area contributed by atoms with Gasteiger partial charge in [-0.3, -0.25) is 4.57 Å². The summed E-state index contributed by atoms with van der Waals surface area (Å²) in [4.78, 5) is 5.42. The molecule has 8 aromatic rings. The van der Waals surface area contributed by atoms with Crippen LogP contribution in [0.15, 0.2) is 140 Å². The van der Waals surface area contributed by atoms with Crippen molar-refractivity contribution < 1.29 is 0 Å². The van der Waals surface area contributed by atoms with Crippen LogP contribution in [0.2, 0.25) is 0 Å². The van der Waals surface area contributed by atoms with Crippen LogP contribution in [-0.4, -0.2) is 9.55 Å². The van der Waals surface area contributed by atoms with E-state index >= 15 is 0 Å². The van der Waals surface area contributed by atoms with Crippen LogP contribution >= 0.6 is 0 Å². The minimum absolute atomic E-state index is 0.931. The van der Waals surface area contributed by atoms with E-state index in [1.165, 1.54) is 60.0 Å². The lowest BCUT2D eigenvalue weighted by molar-refractivity contribution is 0.989. The van der Waals surface area contributed by atoms with Crippen molar-refractivity contribution in [1.82, 2.24) is 9.55 Å². The zero-order chi connectivity index (χ0) is 28.3. The van der Waals surface area contributed by atoms with E-state index < -0.39 is 0 Å². The summed E-state index contributed by atoms with van der Waals surface area (Å²) < 4.78 is 2.43. The first kappa shape index (κ1) is 24.2. The van der Waals surface area contributed by atoms with Crippen molar-refractivity contribution in [2.75, 3.05) is 0 Å². The molecule has 0 unspecified atom stereocenters. The fourth-order valence-electron chi connectivity index (χ4n) is 7.10. The van der Waals surface area contributed by atoms with Gasteiger partial charge in [-0.2, -0.15) is 0 Å². The normalized spacial score (nSPS) is 12.8. The van der Waals surface area contributed by atoms with E-state index in [0.717, 1.165) is 35.5 Å². The second-order valence-corrected chi connectivity index (χ2v) is 11.5. The van der Waals surface area contributed by atoms with Crippen LogP contribution in [0.3, 0.4) is 0 Å². The molecule has 0 fully saturated rings. The summed E-state index contributed by atoms with van der Waals surface area (Å²) in [5, 5.41) is 7.71. The number of allylic oxidation sites excluding steroid dienone is 1. The Labute approximate surface area is 250 Å². The van der Waals surface area contributed by atoms with Gasteiger partial charge in [-0.25, -0.2) is 4.98 Å². The van der Waals surface area contributed by atoms with Crippen LogP contribution < -0.4 is 0 Å². The van der Waals surface area contributed by atoms with Crippen molar-refractivity contribution >= 4 is 49.4 Å². The van der Waals surface area contributed by atoms with E-state index in [2.05, 4.69) is 150 Å². The molecule has 43 heavy (non-hydrogen) atoms. The standard InChI is InChI=1S/C41H28N2/c1-3-13-27(14-4-1)30-25-36(29-16-5-2-6-17-29)42-38(26-30)43-37-24-23-28-15-7-8-18-31(28)39(37)40-34-21-11-9-19-32(34)33-20-10-12-22-35(33)41(40)43/h1-6,8-14,16-26H,7,15H2. The molecule has 1 aliphatic carbocycles. The molecule has 6 aromatic carbocycles. The van der Waals surface area contributed by atoms with E-state index in [-0.39, 0.29) is 0 Å². The molecule has 0 spiro atoms. The topological polar surface area (TPSA) is 17.8 Å². The Morgan fingerprint density at radius 1 is 0.535 bits per heavy atom. The lowest BCUT2D eigenvalue weighted by Gasteiger charge is -2.15. The molecule has 0 bridgehead atoms. The van der Waals surface area contributed by atoms with Gasteiger partial charge in [0.05, 0.1) is 16.7 Å². The first-order valence-electron chi connectivity index (χ1n) is 15.0. The van der Waals surface area contributed by atoms with Crippen LogP contribution in [0, 0.1) is 0 Å². The van der Waals surface area contributed by atoms with Gasteiger partial charge in [-0.05, 0) is 69.5 Å². The van der Waals surface area contributed by atoms with E-state index in [9.17, 15) is 0 Å². The van der Waals surface area contributed by atoms with Gasteiger partial charge in [-0.1, -0.05) is 127 Å². The average molecular weight is 549 g/mol. The van der Waals surface area contributed by atoms with Crippen molar-refractivity contribution in [1.29, 1.82) is 0 Å². The summed E-state index contributed by atoms with van der Waals surface area (Å²) in [5.74, 6) is 0.931. The molecule has 2 nitrogen and oxygen atoms in total. The molecule has 0 radical (unpaired) electrons. The number of pyridine rings is 1. The Bertz CT molecular complexity index is 2320. The number of fused-ring (bicyclic) bond motifs is 10. The molecule has 0 saturated carbocycles. The lowest BCUT2D eigenvalue weighted by atomic mass is 9.91. The highest BCUT2D eigenvalue weighted by atomic mass is 15.1. The smallest absolute Gasteiger partial charge is 0.138 e. The van der Waals surface area contributed by atoms with Crippen molar-refractivity contribution in [3.63, 3.8) is 0 Å². The van der Waals surface area contributed by atoms with Gasteiger partial charge in [0.25, 0.3) is 0 Å². The monoisotopic (exact) mass is 548 g/mol. The Morgan fingerprint density at radius 3 is 1.95 bits per heavy atom. The molecule has 0 saturated heterocycles. The summed E-state index contributed by atoms with van der Waals surface area (Å²) in [6.07, 6.45) is 6.83. The largest absolute Gasteiger partial charge is 0.293 e. The minimum Gasteiger partial charge on any atom is -0.293 e. The summed E-state index contributed by atoms with van der Waals surface area (Å²) in [6.45, 7) is 0. The summed E-state index contributed by atoms with van der Waals surface area (Å²) in [5.41, 5.74) is 9.58. The molecular weight excluding hydrogens is 520 g/mol. The third kappa shape index (κ3) is 3.70. The van der Waals surface area contributed by atoms with Crippen LogP contribution in [0.1, 0.15) is 17.5 Å². The highest BCUT2D eigenvalue weighted by Gasteiger charge is 2.23. The maximum Gasteiger partial charge on any atom is 0.138 e. The fourth-order valence-corrected chi connectivity index (χ4v) is 7.10. The van der Waals surface area contributed by atoms with Gasteiger partial charge in [0.1, 0.15) is 5.82 Å². The van der Waals surface area contributed by atoms with E-state index in [1.54, 1.807) is 0 Å². The summed E-state index contributed by atoms with van der Waals surface area (Å²) >= 11 is 0. The molecule has 0 N–H and O–H groups in total. The zero-order valence-corrected chi connectivity index (χ0v) is 23.7. The molecule has 9 rings (SSSR count). The van der Waals surface area contributed by atoms with Gasteiger partial charge in [0.15, 0.2) is 0 Å². The van der Waals surface area contributed by atoms with Crippen molar-refractivity contribution in [2.45, 2.75) is 12.8 Å². The summed E-state index contributed by atoms with van der Waals surface area (Å²) in [6, 6.07) is 48.1. The second kappa shape index (κ2) is 9.54. The molecule has 0 aliphatic heterocycles. The highest BCUT2D eigenvalue weighted by molar-refractivity contribution is 6.33. The molecule has 2 heteroatoms.